The zero-order chi connectivity index (χ0) is 12.4. The molecular weight excluding hydrogens is 232 g/mol. The lowest BCUT2D eigenvalue weighted by molar-refractivity contribution is -0.116. The molecule has 1 aromatic heterocycles. The Labute approximate surface area is 104 Å². The Hall–Kier alpha value is -1.68. The van der Waals surface area contributed by atoms with Crippen LogP contribution in [0.5, 0.6) is 0 Å². The number of hydrogen-bond acceptors (Lipinski definition) is 2. The summed E-state index contributed by atoms with van der Waals surface area (Å²) in [5.41, 5.74) is 2.27. The van der Waals surface area contributed by atoms with Gasteiger partial charge in [0.2, 0.25) is 5.91 Å². The Kier molecular flexibility index (Phi) is 3.24. The highest BCUT2D eigenvalue weighted by molar-refractivity contribution is 7.09. The van der Waals surface area contributed by atoms with E-state index in [1.54, 1.807) is 0 Å². The van der Waals surface area contributed by atoms with Crippen LogP contribution >= 0.6 is 11.3 Å². The smallest absolute Gasteiger partial charge is 0.245 e. The number of thiazole rings is 1. The molecular formula is C13H14N2OS. The maximum atomic E-state index is 11.0. The molecule has 0 spiro atoms. The van der Waals surface area contributed by atoms with Crippen molar-refractivity contribution in [2.45, 2.75) is 13.8 Å². The molecule has 0 bridgehead atoms. The predicted octanol–water partition coefficient (Wildman–Crippen LogP) is 2.51. The Bertz CT molecular complexity index is 608. The summed E-state index contributed by atoms with van der Waals surface area (Å²) in [5.74, 6) is -0.165. The summed E-state index contributed by atoms with van der Waals surface area (Å²) in [4.78, 5) is 17.0. The highest BCUT2D eigenvalue weighted by Crippen LogP contribution is 2.23. The van der Waals surface area contributed by atoms with Gasteiger partial charge in [0.25, 0.3) is 0 Å². The number of amides is 1. The zero-order valence-corrected chi connectivity index (χ0v) is 10.9. The van der Waals surface area contributed by atoms with Gasteiger partial charge in [-0.2, -0.15) is 4.99 Å². The summed E-state index contributed by atoms with van der Waals surface area (Å²) in [6, 6.07) is 10.1. The lowest BCUT2D eigenvalue weighted by atomic mass is 10.1. The fourth-order valence-corrected chi connectivity index (χ4v) is 2.84. The number of aromatic nitrogens is 1. The van der Waals surface area contributed by atoms with Gasteiger partial charge in [-0.1, -0.05) is 30.3 Å². The third-order valence-electron chi connectivity index (χ3n) is 2.50. The molecule has 17 heavy (non-hydrogen) atoms. The molecule has 2 aromatic rings. The second kappa shape index (κ2) is 4.67. The van der Waals surface area contributed by atoms with Gasteiger partial charge in [-0.25, -0.2) is 0 Å². The summed E-state index contributed by atoms with van der Waals surface area (Å²) in [6.45, 7) is 3.52. The van der Waals surface area contributed by atoms with Crippen molar-refractivity contribution in [3.63, 3.8) is 0 Å². The van der Waals surface area contributed by atoms with Gasteiger partial charge in [-0.15, -0.1) is 11.3 Å². The molecule has 0 aliphatic rings. The van der Waals surface area contributed by atoms with Crippen molar-refractivity contribution in [1.82, 2.24) is 4.57 Å². The lowest BCUT2D eigenvalue weighted by Crippen LogP contribution is -2.13. The summed E-state index contributed by atoms with van der Waals surface area (Å²) in [6.07, 6.45) is 0. The van der Waals surface area contributed by atoms with E-state index < -0.39 is 0 Å². The van der Waals surface area contributed by atoms with Crippen molar-refractivity contribution in [2.75, 3.05) is 0 Å². The minimum atomic E-state index is -0.165. The first-order chi connectivity index (χ1) is 8.09. The zero-order valence-electron chi connectivity index (χ0n) is 10.1. The van der Waals surface area contributed by atoms with Crippen LogP contribution in [0.4, 0.5) is 0 Å². The molecule has 3 nitrogen and oxygen atoms in total. The molecule has 0 radical (unpaired) electrons. The van der Waals surface area contributed by atoms with Gasteiger partial charge in [0, 0.05) is 18.8 Å². The van der Waals surface area contributed by atoms with Crippen LogP contribution in [0.25, 0.3) is 11.3 Å². The average molecular weight is 246 g/mol. The highest BCUT2D eigenvalue weighted by Gasteiger charge is 2.09. The van der Waals surface area contributed by atoms with E-state index in [1.807, 2.05) is 36.7 Å². The van der Waals surface area contributed by atoms with Crippen molar-refractivity contribution in [3.8, 4) is 11.3 Å². The van der Waals surface area contributed by atoms with Crippen LogP contribution in [-0.2, 0) is 11.8 Å². The van der Waals surface area contributed by atoms with Crippen molar-refractivity contribution in [2.24, 2.45) is 12.0 Å². The molecule has 0 N–H and O–H groups in total. The Morgan fingerprint density at radius 2 is 1.94 bits per heavy atom. The van der Waals surface area contributed by atoms with Gasteiger partial charge in [-0.3, -0.25) is 4.79 Å². The number of aryl methyl sites for hydroxylation is 1. The number of hydrogen-bond donors (Lipinski definition) is 0. The third-order valence-corrected chi connectivity index (χ3v) is 3.55. The molecule has 0 atom stereocenters. The van der Waals surface area contributed by atoms with E-state index in [0.29, 0.717) is 0 Å². The Morgan fingerprint density at radius 3 is 2.53 bits per heavy atom. The number of nitrogens with zero attached hydrogens (tertiary/aromatic N) is 2. The summed E-state index contributed by atoms with van der Waals surface area (Å²) < 4.78 is 1.97. The largest absolute Gasteiger partial charge is 0.319 e. The van der Waals surface area contributed by atoms with Gasteiger partial charge in [0.15, 0.2) is 4.80 Å². The normalized spacial score (nSPS) is 11.8. The topological polar surface area (TPSA) is 34.4 Å². The predicted molar refractivity (Wildman–Crippen MR) is 69.7 cm³/mol. The second-order valence-corrected chi connectivity index (χ2v) is 5.03. The summed E-state index contributed by atoms with van der Waals surface area (Å²) >= 11 is 1.54. The van der Waals surface area contributed by atoms with Crippen molar-refractivity contribution in [3.05, 3.63) is 40.0 Å². The maximum absolute atomic E-state index is 11.0. The number of benzene rings is 1. The van der Waals surface area contributed by atoms with Crippen LogP contribution in [0, 0.1) is 6.92 Å². The first kappa shape index (κ1) is 11.8. The molecule has 0 fully saturated rings. The molecule has 1 aromatic carbocycles. The molecule has 2 rings (SSSR count). The van der Waals surface area contributed by atoms with Crippen molar-refractivity contribution < 1.29 is 4.79 Å². The van der Waals surface area contributed by atoms with Gasteiger partial charge in [0.05, 0.1) is 5.69 Å². The van der Waals surface area contributed by atoms with E-state index in [0.717, 1.165) is 16.1 Å². The van der Waals surface area contributed by atoms with E-state index in [2.05, 4.69) is 17.1 Å². The molecule has 0 saturated carbocycles. The molecule has 1 amide bonds. The van der Waals surface area contributed by atoms with E-state index in [1.165, 1.54) is 23.1 Å². The van der Waals surface area contributed by atoms with E-state index in [9.17, 15) is 4.79 Å². The van der Waals surface area contributed by atoms with Crippen molar-refractivity contribution >= 4 is 17.2 Å². The van der Waals surface area contributed by atoms with Crippen LogP contribution < -0.4 is 4.80 Å². The van der Waals surface area contributed by atoms with Gasteiger partial charge < -0.3 is 4.57 Å². The van der Waals surface area contributed by atoms with Crippen LogP contribution in [0.2, 0.25) is 0 Å². The minimum Gasteiger partial charge on any atom is -0.319 e. The van der Waals surface area contributed by atoms with Crippen LogP contribution in [-0.4, -0.2) is 10.5 Å². The fourth-order valence-electron chi connectivity index (χ4n) is 1.81. The number of carbonyl (C=O) groups is 1. The molecule has 0 unspecified atom stereocenters. The first-order valence-electron chi connectivity index (χ1n) is 5.36. The molecule has 4 heteroatoms. The SMILES string of the molecule is CC(=O)N=c1sc(C)c(-c2ccccc2)n1C. The van der Waals surface area contributed by atoms with Crippen molar-refractivity contribution in [1.29, 1.82) is 0 Å². The maximum Gasteiger partial charge on any atom is 0.245 e. The van der Waals surface area contributed by atoms with E-state index in [4.69, 9.17) is 0 Å². The van der Waals surface area contributed by atoms with Gasteiger partial charge in [-0.05, 0) is 12.5 Å². The Morgan fingerprint density at radius 1 is 1.29 bits per heavy atom. The fraction of sp³-hybridized carbons (Fsp3) is 0.231. The van der Waals surface area contributed by atoms with Gasteiger partial charge >= 0.3 is 0 Å². The van der Waals surface area contributed by atoms with Crippen LogP contribution in [0.1, 0.15) is 11.8 Å². The van der Waals surface area contributed by atoms with E-state index in [-0.39, 0.29) is 5.91 Å². The monoisotopic (exact) mass is 246 g/mol. The molecule has 0 aliphatic carbocycles. The van der Waals surface area contributed by atoms with E-state index >= 15 is 0 Å². The Balaban J connectivity index is 2.65. The summed E-state index contributed by atoms with van der Waals surface area (Å²) in [7, 11) is 1.94. The number of carbonyl (C=O) groups excluding carboxylic acids is 1. The van der Waals surface area contributed by atoms with Crippen LogP contribution in [0.3, 0.4) is 0 Å². The molecule has 0 aliphatic heterocycles. The number of rotatable bonds is 1. The quantitative estimate of drug-likeness (QED) is 0.761. The molecule has 1 heterocycles. The van der Waals surface area contributed by atoms with Gasteiger partial charge in [0.1, 0.15) is 0 Å². The summed E-state index contributed by atoms with van der Waals surface area (Å²) in [5, 5.41) is 0. The van der Waals surface area contributed by atoms with Crippen LogP contribution in [0.15, 0.2) is 35.3 Å². The second-order valence-electron chi connectivity index (χ2n) is 3.85. The average Bonchev–Trinajstić information content (AvgIpc) is 2.54. The highest BCUT2D eigenvalue weighted by atomic mass is 32.1. The standard InChI is InChI=1S/C13H14N2OS/c1-9-12(11-7-5-4-6-8-11)15(3)13(17-9)14-10(2)16/h4-8H,1-3H3. The lowest BCUT2D eigenvalue weighted by Gasteiger charge is -2.03. The third kappa shape index (κ3) is 2.36. The molecule has 0 saturated heterocycles. The molecule has 88 valence electrons. The minimum absolute atomic E-state index is 0.165. The first-order valence-corrected chi connectivity index (χ1v) is 6.18.